The van der Waals surface area contributed by atoms with Crippen molar-refractivity contribution in [3.63, 3.8) is 0 Å². The summed E-state index contributed by atoms with van der Waals surface area (Å²) in [5.74, 6) is -0.286. The molecule has 0 bridgehead atoms. The Kier molecular flexibility index (Phi) is 4.18. The Labute approximate surface area is 124 Å². The predicted molar refractivity (Wildman–Crippen MR) is 76.5 cm³/mol. The van der Waals surface area contributed by atoms with Crippen LogP contribution in [0.15, 0.2) is 24.7 Å². The Balaban J connectivity index is 2.32. The van der Waals surface area contributed by atoms with Crippen molar-refractivity contribution in [2.24, 2.45) is 0 Å². The Hall–Kier alpha value is -2.48. The molecule has 0 aliphatic carbocycles. The largest absolute Gasteiger partial charge is 0.335 e. The van der Waals surface area contributed by atoms with Gasteiger partial charge in [-0.05, 0) is 13.8 Å². The average molecular weight is 310 g/mol. The average Bonchev–Trinajstić information content (AvgIpc) is 2.84. The summed E-state index contributed by atoms with van der Waals surface area (Å²) >= 11 is 5.70. The van der Waals surface area contributed by atoms with E-state index >= 15 is 0 Å². The molecule has 0 unspecified atom stereocenters. The van der Waals surface area contributed by atoms with Crippen LogP contribution < -0.4 is 5.32 Å². The number of carbonyl (C=O) groups is 1. The Morgan fingerprint density at radius 1 is 1.43 bits per heavy atom. The molecule has 8 nitrogen and oxygen atoms in total. The molecule has 0 aliphatic rings. The molecule has 0 spiro atoms. The molecule has 110 valence electrons. The molecule has 0 saturated heterocycles. The molecule has 9 heteroatoms. The Morgan fingerprint density at radius 2 is 2.14 bits per heavy atom. The van der Waals surface area contributed by atoms with Gasteiger partial charge in [0.1, 0.15) is 23.0 Å². The molecule has 0 aromatic carbocycles. The van der Waals surface area contributed by atoms with Crippen molar-refractivity contribution in [1.82, 2.24) is 14.5 Å². The molecule has 21 heavy (non-hydrogen) atoms. The van der Waals surface area contributed by atoms with Crippen molar-refractivity contribution in [3.05, 3.63) is 45.6 Å². The fourth-order valence-electron chi connectivity index (χ4n) is 1.76. The van der Waals surface area contributed by atoms with Gasteiger partial charge in [0, 0.05) is 18.2 Å². The first-order valence-electron chi connectivity index (χ1n) is 6.03. The number of nitrogens with one attached hydrogen (secondary N) is 1. The maximum absolute atomic E-state index is 12.2. The number of amides is 1. The lowest BCUT2D eigenvalue weighted by Crippen LogP contribution is -2.18. The molecule has 2 heterocycles. The molecule has 1 amide bonds. The fraction of sp³-hybridized carbons (Fsp3) is 0.250. The number of aromatic nitrogens is 3. The van der Waals surface area contributed by atoms with E-state index in [1.54, 1.807) is 0 Å². The standard InChI is InChI=1S/C12H12ClN5O3/c1-7(2)17-5-8(18(20)21)3-9(17)12(19)16-11-4-10(13)14-6-15-11/h3-7H,1-2H3,(H,14,15,16,19). The zero-order valence-corrected chi connectivity index (χ0v) is 12.0. The molecule has 2 aromatic rings. The third kappa shape index (κ3) is 3.34. The first kappa shape index (κ1) is 14.9. The van der Waals surface area contributed by atoms with Crippen LogP contribution in [0, 0.1) is 10.1 Å². The van der Waals surface area contributed by atoms with E-state index in [-0.39, 0.29) is 28.4 Å². The van der Waals surface area contributed by atoms with E-state index in [1.807, 2.05) is 13.8 Å². The first-order chi connectivity index (χ1) is 9.88. The summed E-state index contributed by atoms with van der Waals surface area (Å²) in [6, 6.07) is 2.50. The zero-order chi connectivity index (χ0) is 15.6. The topological polar surface area (TPSA) is 103 Å². The van der Waals surface area contributed by atoms with Crippen LogP contribution in [0.1, 0.15) is 30.4 Å². The van der Waals surface area contributed by atoms with Crippen LogP contribution in [-0.4, -0.2) is 25.4 Å². The van der Waals surface area contributed by atoms with Gasteiger partial charge < -0.3 is 9.88 Å². The van der Waals surface area contributed by atoms with Crippen molar-refractivity contribution in [1.29, 1.82) is 0 Å². The summed E-state index contributed by atoms with van der Waals surface area (Å²) in [4.78, 5) is 30.1. The summed E-state index contributed by atoms with van der Waals surface area (Å²) in [5, 5.41) is 13.6. The number of nitro groups is 1. The number of hydrogen-bond donors (Lipinski definition) is 1. The molecule has 2 aromatic heterocycles. The minimum absolute atomic E-state index is 0.103. The van der Waals surface area contributed by atoms with Crippen molar-refractivity contribution in [2.75, 3.05) is 5.32 Å². The highest BCUT2D eigenvalue weighted by Crippen LogP contribution is 2.21. The van der Waals surface area contributed by atoms with Gasteiger partial charge in [0.25, 0.3) is 11.6 Å². The number of nitrogens with zero attached hydrogens (tertiary/aromatic N) is 4. The number of hydrogen-bond acceptors (Lipinski definition) is 5. The van der Waals surface area contributed by atoms with Gasteiger partial charge in [0.2, 0.25) is 0 Å². The van der Waals surface area contributed by atoms with Crippen molar-refractivity contribution < 1.29 is 9.72 Å². The van der Waals surface area contributed by atoms with Crippen LogP contribution in [0.25, 0.3) is 0 Å². The van der Waals surface area contributed by atoms with E-state index in [2.05, 4.69) is 15.3 Å². The lowest BCUT2D eigenvalue weighted by atomic mass is 10.3. The molecular weight excluding hydrogens is 298 g/mol. The van der Waals surface area contributed by atoms with Crippen LogP contribution in [0.3, 0.4) is 0 Å². The van der Waals surface area contributed by atoms with Crippen molar-refractivity contribution >= 4 is 29.0 Å². The molecule has 0 aliphatic heterocycles. The number of rotatable bonds is 4. The van der Waals surface area contributed by atoms with E-state index in [0.29, 0.717) is 0 Å². The number of carbonyl (C=O) groups excluding carboxylic acids is 1. The second-order valence-corrected chi connectivity index (χ2v) is 4.91. The lowest BCUT2D eigenvalue weighted by Gasteiger charge is -2.11. The van der Waals surface area contributed by atoms with Gasteiger partial charge in [-0.3, -0.25) is 14.9 Å². The van der Waals surface area contributed by atoms with Gasteiger partial charge in [-0.15, -0.1) is 0 Å². The minimum atomic E-state index is -0.544. The predicted octanol–water partition coefficient (Wildman–Crippen LogP) is 2.67. The summed E-state index contributed by atoms with van der Waals surface area (Å²) in [7, 11) is 0. The van der Waals surface area contributed by atoms with Crippen molar-refractivity contribution in [3.8, 4) is 0 Å². The van der Waals surface area contributed by atoms with Gasteiger partial charge >= 0.3 is 0 Å². The normalized spacial score (nSPS) is 10.7. The minimum Gasteiger partial charge on any atom is -0.335 e. The van der Waals surface area contributed by atoms with Crippen LogP contribution in [-0.2, 0) is 0 Å². The van der Waals surface area contributed by atoms with E-state index in [4.69, 9.17) is 11.6 Å². The van der Waals surface area contributed by atoms with E-state index < -0.39 is 10.8 Å². The molecule has 0 saturated carbocycles. The molecule has 2 rings (SSSR count). The number of anilines is 1. The van der Waals surface area contributed by atoms with E-state index in [0.717, 1.165) is 0 Å². The molecule has 0 fully saturated rings. The third-order valence-corrected chi connectivity index (χ3v) is 2.92. The first-order valence-corrected chi connectivity index (χ1v) is 6.41. The van der Waals surface area contributed by atoms with E-state index in [9.17, 15) is 14.9 Å². The third-order valence-electron chi connectivity index (χ3n) is 2.71. The molecule has 0 atom stereocenters. The summed E-state index contributed by atoms with van der Waals surface area (Å²) in [6.07, 6.45) is 2.54. The summed E-state index contributed by atoms with van der Waals surface area (Å²) in [6.45, 7) is 3.64. The maximum atomic E-state index is 12.2. The summed E-state index contributed by atoms with van der Waals surface area (Å²) in [5.41, 5.74) is 0.0287. The highest BCUT2D eigenvalue weighted by molar-refractivity contribution is 6.29. The second-order valence-electron chi connectivity index (χ2n) is 4.52. The van der Waals surface area contributed by atoms with E-state index in [1.165, 1.54) is 29.2 Å². The highest BCUT2D eigenvalue weighted by atomic mass is 35.5. The monoisotopic (exact) mass is 309 g/mol. The maximum Gasteiger partial charge on any atom is 0.287 e. The van der Waals surface area contributed by atoms with Gasteiger partial charge in [0.05, 0.1) is 11.1 Å². The van der Waals surface area contributed by atoms with Crippen molar-refractivity contribution in [2.45, 2.75) is 19.9 Å². The van der Waals surface area contributed by atoms with Crippen LogP contribution in [0.5, 0.6) is 0 Å². The quantitative estimate of drug-likeness (QED) is 0.531. The van der Waals surface area contributed by atoms with Gasteiger partial charge in [0.15, 0.2) is 0 Å². The molecular formula is C12H12ClN5O3. The van der Waals surface area contributed by atoms with Gasteiger partial charge in [-0.2, -0.15) is 0 Å². The highest BCUT2D eigenvalue weighted by Gasteiger charge is 2.21. The molecule has 0 radical (unpaired) electrons. The Bertz CT molecular complexity index is 698. The van der Waals surface area contributed by atoms with Crippen LogP contribution >= 0.6 is 11.6 Å². The summed E-state index contributed by atoms with van der Waals surface area (Å²) < 4.78 is 1.52. The SMILES string of the molecule is CC(C)n1cc([N+](=O)[O-])cc1C(=O)Nc1cc(Cl)ncn1. The lowest BCUT2D eigenvalue weighted by molar-refractivity contribution is -0.384. The fourth-order valence-corrected chi connectivity index (χ4v) is 1.90. The smallest absolute Gasteiger partial charge is 0.287 e. The van der Waals surface area contributed by atoms with Crippen LogP contribution in [0.4, 0.5) is 11.5 Å². The number of halogens is 1. The second kappa shape index (κ2) is 5.88. The molecule has 1 N–H and O–H groups in total. The Morgan fingerprint density at radius 3 is 2.71 bits per heavy atom. The van der Waals surface area contributed by atoms with Gasteiger partial charge in [-0.25, -0.2) is 9.97 Å². The van der Waals surface area contributed by atoms with Crippen LogP contribution in [0.2, 0.25) is 5.15 Å². The van der Waals surface area contributed by atoms with Gasteiger partial charge in [-0.1, -0.05) is 11.6 Å². The zero-order valence-electron chi connectivity index (χ0n) is 11.3.